The van der Waals surface area contributed by atoms with E-state index in [0.717, 1.165) is 6.26 Å². The van der Waals surface area contributed by atoms with Crippen molar-refractivity contribution in [1.29, 1.82) is 0 Å². The van der Waals surface area contributed by atoms with Crippen LogP contribution in [0.2, 0.25) is 0 Å². The number of fused-ring (bicyclic) bond motifs is 1. The maximum absolute atomic E-state index is 11.1. The molecule has 0 unspecified atom stereocenters. The zero-order chi connectivity index (χ0) is 10.2. The summed E-state index contributed by atoms with van der Waals surface area (Å²) in [5, 5.41) is -0.175. The van der Waals surface area contributed by atoms with Gasteiger partial charge < -0.3 is 4.74 Å². The molecule has 0 radical (unpaired) electrons. The minimum Gasteiger partial charge on any atom is -0.486 e. The Balaban J connectivity index is 2.56. The van der Waals surface area contributed by atoms with E-state index in [1.807, 2.05) is 0 Å². The average Bonchev–Trinajstić information content (AvgIpc) is 2.16. The molecular formula is C8H8N2O3S. The van der Waals surface area contributed by atoms with Crippen molar-refractivity contribution in [3.05, 3.63) is 18.0 Å². The molecule has 0 atom stereocenters. The molecule has 2 rings (SSSR count). The number of sulfone groups is 1. The highest BCUT2D eigenvalue weighted by atomic mass is 32.2. The Morgan fingerprint density at radius 1 is 1.50 bits per heavy atom. The van der Waals surface area contributed by atoms with E-state index in [0.29, 0.717) is 18.1 Å². The Bertz CT molecular complexity index is 493. The second-order valence-electron chi connectivity index (χ2n) is 2.89. The Morgan fingerprint density at radius 3 is 3.00 bits per heavy atom. The lowest BCUT2D eigenvalue weighted by molar-refractivity contribution is 0.353. The van der Waals surface area contributed by atoms with Crippen LogP contribution in [0.5, 0.6) is 5.75 Å². The average molecular weight is 212 g/mol. The fraction of sp³-hybridized carbons (Fsp3) is 0.250. The van der Waals surface area contributed by atoms with Gasteiger partial charge in [0, 0.05) is 6.26 Å². The predicted octanol–water partition coefficient (Wildman–Crippen LogP) is 0.286. The first-order chi connectivity index (χ1) is 6.57. The molecule has 0 bridgehead atoms. The molecule has 0 saturated carbocycles. The highest BCUT2D eigenvalue weighted by Gasteiger charge is 2.15. The first-order valence-corrected chi connectivity index (χ1v) is 5.83. The standard InChI is InChI=1S/C8H8N2O3S/c1-14(11,12)8-9-5-7-6(10-8)3-2-4-13-7/h2-3,5H,4H2,1H3. The van der Waals surface area contributed by atoms with Crippen LogP contribution in [0.3, 0.4) is 0 Å². The Kier molecular flexibility index (Phi) is 1.99. The lowest BCUT2D eigenvalue weighted by atomic mass is 10.3. The maximum Gasteiger partial charge on any atom is 0.247 e. The minimum atomic E-state index is -3.35. The molecule has 5 nitrogen and oxygen atoms in total. The predicted molar refractivity (Wildman–Crippen MR) is 49.7 cm³/mol. The molecule has 2 heterocycles. The molecular weight excluding hydrogens is 204 g/mol. The maximum atomic E-state index is 11.1. The second kappa shape index (κ2) is 3.06. The molecule has 74 valence electrons. The Hall–Kier alpha value is -1.43. The first kappa shape index (κ1) is 9.14. The number of rotatable bonds is 1. The van der Waals surface area contributed by atoms with Crippen LogP contribution in [0.4, 0.5) is 0 Å². The molecule has 0 N–H and O–H groups in total. The van der Waals surface area contributed by atoms with Gasteiger partial charge >= 0.3 is 0 Å². The molecule has 14 heavy (non-hydrogen) atoms. The number of hydrogen-bond donors (Lipinski definition) is 0. The molecule has 1 aromatic rings. The van der Waals surface area contributed by atoms with Gasteiger partial charge in [-0.2, -0.15) is 0 Å². The van der Waals surface area contributed by atoms with Gasteiger partial charge in [0.1, 0.15) is 12.3 Å². The van der Waals surface area contributed by atoms with E-state index in [-0.39, 0.29) is 5.16 Å². The van der Waals surface area contributed by atoms with Crippen LogP contribution in [0, 0.1) is 0 Å². The van der Waals surface area contributed by atoms with Crippen molar-refractivity contribution >= 4 is 15.9 Å². The van der Waals surface area contributed by atoms with Crippen molar-refractivity contribution < 1.29 is 13.2 Å². The summed E-state index contributed by atoms with van der Waals surface area (Å²) in [6, 6.07) is 0. The number of nitrogens with zero attached hydrogens (tertiary/aromatic N) is 2. The van der Waals surface area contributed by atoms with Crippen LogP contribution >= 0.6 is 0 Å². The topological polar surface area (TPSA) is 69.2 Å². The summed E-state index contributed by atoms with van der Waals surface area (Å²) in [5.74, 6) is 0.514. The largest absolute Gasteiger partial charge is 0.486 e. The summed E-state index contributed by atoms with van der Waals surface area (Å²) in [4.78, 5) is 7.58. The van der Waals surface area contributed by atoms with Crippen LogP contribution in [0.25, 0.3) is 6.08 Å². The minimum absolute atomic E-state index is 0.175. The van der Waals surface area contributed by atoms with Crippen molar-refractivity contribution in [2.24, 2.45) is 0 Å². The first-order valence-electron chi connectivity index (χ1n) is 3.94. The highest BCUT2D eigenvalue weighted by Crippen LogP contribution is 2.20. The van der Waals surface area contributed by atoms with E-state index in [9.17, 15) is 8.42 Å². The normalized spacial score (nSPS) is 14.6. The van der Waals surface area contributed by atoms with Gasteiger partial charge in [0.25, 0.3) is 0 Å². The quantitative estimate of drug-likeness (QED) is 0.625. The fourth-order valence-corrected chi connectivity index (χ4v) is 1.58. The summed E-state index contributed by atoms with van der Waals surface area (Å²) in [6.45, 7) is 0.467. The molecule has 0 spiro atoms. The smallest absolute Gasteiger partial charge is 0.247 e. The van der Waals surface area contributed by atoms with Gasteiger partial charge in [0.2, 0.25) is 15.0 Å². The van der Waals surface area contributed by atoms with Gasteiger partial charge in [0.05, 0.1) is 6.20 Å². The van der Waals surface area contributed by atoms with Crippen LogP contribution < -0.4 is 4.74 Å². The van der Waals surface area contributed by atoms with Crippen molar-refractivity contribution in [3.63, 3.8) is 0 Å². The van der Waals surface area contributed by atoms with E-state index in [2.05, 4.69) is 9.97 Å². The van der Waals surface area contributed by atoms with Crippen LogP contribution in [-0.4, -0.2) is 31.2 Å². The van der Waals surface area contributed by atoms with E-state index >= 15 is 0 Å². The van der Waals surface area contributed by atoms with Gasteiger partial charge in [-0.25, -0.2) is 18.4 Å². The third-order valence-electron chi connectivity index (χ3n) is 1.70. The van der Waals surface area contributed by atoms with Gasteiger partial charge in [-0.05, 0) is 12.2 Å². The zero-order valence-corrected chi connectivity index (χ0v) is 8.28. The second-order valence-corrected chi connectivity index (χ2v) is 4.80. The molecule has 0 fully saturated rings. The lowest BCUT2D eigenvalue weighted by Gasteiger charge is -2.10. The molecule has 1 aromatic heterocycles. The summed E-state index contributed by atoms with van der Waals surface area (Å²) in [7, 11) is -3.35. The molecule has 0 amide bonds. The summed E-state index contributed by atoms with van der Waals surface area (Å²) in [6.07, 6.45) is 5.93. The van der Waals surface area contributed by atoms with E-state index in [1.165, 1.54) is 6.20 Å². The number of hydrogen-bond acceptors (Lipinski definition) is 5. The van der Waals surface area contributed by atoms with Crippen molar-refractivity contribution in [2.75, 3.05) is 12.9 Å². The monoisotopic (exact) mass is 212 g/mol. The molecule has 1 aliphatic heterocycles. The molecule has 6 heteroatoms. The number of aromatic nitrogens is 2. The summed E-state index contributed by atoms with van der Waals surface area (Å²) < 4.78 is 27.4. The SMILES string of the molecule is CS(=O)(=O)c1ncc2c(n1)C=CCO2. The summed E-state index contributed by atoms with van der Waals surface area (Å²) >= 11 is 0. The third-order valence-corrected chi connectivity index (χ3v) is 2.56. The van der Waals surface area contributed by atoms with Gasteiger partial charge in [-0.15, -0.1) is 0 Å². The zero-order valence-electron chi connectivity index (χ0n) is 7.47. The van der Waals surface area contributed by atoms with E-state index < -0.39 is 9.84 Å². The van der Waals surface area contributed by atoms with Crippen LogP contribution in [0.15, 0.2) is 17.4 Å². The van der Waals surface area contributed by atoms with Crippen molar-refractivity contribution in [2.45, 2.75) is 5.16 Å². The van der Waals surface area contributed by atoms with Crippen molar-refractivity contribution in [3.8, 4) is 5.75 Å². The lowest BCUT2D eigenvalue weighted by Crippen LogP contribution is -2.08. The third kappa shape index (κ3) is 1.60. The Morgan fingerprint density at radius 2 is 2.29 bits per heavy atom. The molecule has 0 aromatic carbocycles. The van der Waals surface area contributed by atoms with Crippen LogP contribution in [0.1, 0.15) is 5.69 Å². The van der Waals surface area contributed by atoms with Gasteiger partial charge in [-0.1, -0.05) is 0 Å². The Labute approximate surface area is 81.4 Å². The van der Waals surface area contributed by atoms with Crippen molar-refractivity contribution in [1.82, 2.24) is 9.97 Å². The van der Waals surface area contributed by atoms with E-state index in [4.69, 9.17) is 4.74 Å². The van der Waals surface area contributed by atoms with Gasteiger partial charge in [-0.3, -0.25) is 0 Å². The molecule has 0 aliphatic carbocycles. The van der Waals surface area contributed by atoms with Crippen LogP contribution in [-0.2, 0) is 9.84 Å². The highest BCUT2D eigenvalue weighted by molar-refractivity contribution is 7.90. The molecule has 1 aliphatic rings. The number of ether oxygens (including phenoxy) is 1. The fourth-order valence-electron chi connectivity index (χ4n) is 1.07. The molecule has 0 saturated heterocycles. The van der Waals surface area contributed by atoms with Gasteiger partial charge in [0.15, 0.2) is 5.75 Å². The summed E-state index contributed by atoms with van der Waals surface area (Å²) in [5.41, 5.74) is 0.506. The van der Waals surface area contributed by atoms with E-state index in [1.54, 1.807) is 12.2 Å².